The monoisotopic (exact) mass is 291 g/mol. The Morgan fingerprint density at radius 2 is 2.10 bits per heavy atom. The van der Waals surface area contributed by atoms with Crippen LogP contribution in [0.1, 0.15) is 38.7 Å². The van der Waals surface area contributed by atoms with Crippen molar-refractivity contribution in [1.29, 1.82) is 0 Å². The number of nitro benzene ring substituents is 1. The Hall–Kier alpha value is -1.62. The molecule has 21 heavy (non-hydrogen) atoms. The molecule has 1 N–H and O–H groups in total. The standard InChI is InChI=1S/C16H25N3O2/c1-12(2)18-9-4-5-14(8-10-18)17-15-6-7-16(19(20)21)13(3)11-15/h6-7,11-12,14,17H,4-5,8-10H2,1-3H3. The van der Waals surface area contributed by atoms with Gasteiger partial charge in [0.1, 0.15) is 0 Å². The Morgan fingerprint density at radius 1 is 1.33 bits per heavy atom. The zero-order valence-electron chi connectivity index (χ0n) is 13.1. The van der Waals surface area contributed by atoms with Gasteiger partial charge in [-0.25, -0.2) is 0 Å². The minimum absolute atomic E-state index is 0.187. The summed E-state index contributed by atoms with van der Waals surface area (Å²) in [6.07, 6.45) is 3.47. The van der Waals surface area contributed by atoms with E-state index in [0.29, 0.717) is 17.6 Å². The van der Waals surface area contributed by atoms with Gasteiger partial charge >= 0.3 is 0 Å². The molecule has 5 nitrogen and oxygen atoms in total. The average Bonchev–Trinajstić information content (AvgIpc) is 2.64. The average molecular weight is 291 g/mol. The Labute approximate surface area is 126 Å². The highest BCUT2D eigenvalue weighted by atomic mass is 16.6. The number of nitrogens with one attached hydrogen (secondary N) is 1. The summed E-state index contributed by atoms with van der Waals surface area (Å²) in [5, 5.41) is 14.4. The van der Waals surface area contributed by atoms with Crippen LogP contribution in [0.25, 0.3) is 0 Å². The van der Waals surface area contributed by atoms with Crippen molar-refractivity contribution in [3.63, 3.8) is 0 Å². The highest BCUT2D eigenvalue weighted by molar-refractivity contribution is 5.54. The molecule has 1 aliphatic rings. The van der Waals surface area contributed by atoms with Gasteiger partial charge in [0, 0.05) is 35.9 Å². The maximum atomic E-state index is 10.8. The summed E-state index contributed by atoms with van der Waals surface area (Å²) in [5.41, 5.74) is 1.89. The Balaban J connectivity index is 1.98. The molecule has 1 atom stereocenters. The first kappa shape index (κ1) is 15.8. The molecule has 0 aromatic heterocycles. The minimum Gasteiger partial charge on any atom is -0.382 e. The van der Waals surface area contributed by atoms with E-state index < -0.39 is 0 Å². The van der Waals surface area contributed by atoms with Crippen molar-refractivity contribution in [2.45, 2.75) is 52.1 Å². The van der Waals surface area contributed by atoms with Gasteiger partial charge in [-0.1, -0.05) is 0 Å². The van der Waals surface area contributed by atoms with Gasteiger partial charge in [0.15, 0.2) is 0 Å². The molecular formula is C16H25N3O2. The quantitative estimate of drug-likeness (QED) is 0.680. The van der Waals surface area contributed by atoms with Crippen LogP contribution in [-0.2, 0) is 0 Å². The fourth-order valence-electron chi connectivity index (χ4n) is 2.97. The number of hydrogen-bond donors (Lipinski definition) is 1. The second-order valence-corrected chi connectivity index (χ2v) is 6.16. The van der Waals surface area contributed by atoms with E-state index in [-0.39, 0.29) is 10.6 Å². The van der Waals surface area contributed by atoms with Crippen LogP contribution in [0, 0.1) is 17.0 Å². The molecule has 1 aromatic rings. The van der Waals surface area contributed by atoms with Crippen LogP contribution in [0.15, 0.2) is 18.2 Å². The number of benzene rings is 1. The molecule has 116 valence electrons. The molecule has 1 saturated heterocycles. The zero-order valence-corrected chi connectivity index (χ0v) is 13.1. The smallest absolute Gasteiger partial charge is 0.272 e. The van der Waals surface area contributed by atoms with Gasteiger partial charge in [-0.15, -0.1) is 0 Å². The zero-order chi connectivity index (χ0) is 15.4. The molecule has 2 rings (SSSR count). The van der Waals surface area contributed by atoms with Crippen molar-refractivity contribution in [2.75, 3.05) is 18.4 Å². The normalized spacial score (nSPS) is 20.3. The summed E-state index contributed by atoms with van der Waals surface area (Å²) in [6.45, 7) is 8.55. The number of rotatable bonds is 4. The first-order valence-corrected chi connectivity index (χ1v) is 7.73. The Morgan fingerprint density at radius 3 is 2.71 bits per heavy atom. The largest absolute Gasteiger partial charge is 0.382 e. The molecule has 0 radical (unpaired) electrons. The van der Waals surface area contributed by atoms with Gasteiger partial charge in [-0.3, -0.25) is 10.1 Å². The van der Waals surface area contributed by atoms with Crippen LogP contribution in [0.3, 0.4) is 0 Å². The van der Waals surface area contributed by atoms with Crippen molar-refractivity contribution in [1.82, 2.24) is 4.90 Å². The predicted molar refractivity (Wildman–Crippen MR) is 85.8 cm³/mol. The van der Waals surface area contributed by atoms with Crippen molar-refractivity contribution in [3.8, 4) is 0 Å². The number of hydrogen-bond acceptors (Lipinski definition) is 4. The molecule has 1 fully saturated rings. The Bertz CT molecular complexity index is 502. The number of nitro groups is 1. The van der Waals surface area contributed by atoms with Crippen LogP contribution >= 0.6 is 0 Å². The molecule has 1 unspecified atom stereocenters. The molecule has 1 aromatic carbocycles. The summed E-state index contributed by atoms with van der Waals surface area (Å²) >= 11 is 0. The molecule has 0 spiro atoms. The fraction of sp³-hybridized carbons (Fsp3) is 0.625. The molecule has 0 bridgehead atoms. The molecular weight excluding hydrogens is 266 g/mol. The fourth-order valence-corrected chi connectivity index (χ4v) is 2.97. The first-order valence-electron chi connectivity index (χ1n) is 7.73. The molecule has 0 amide bonds. The summed E-state index contributed by atoms with van der Waals surface area (Å²) < 4.78 is 0. The third-order valence-electron chi connectivity index (χ3n) is 4.26. The van der Waals surface area contributed by atoms with Crippen molar-refractivity contribution in [2.24, 2.45) is 0 Å². The van der Waals surface area contributed by atoms with Crippen LogP contribution in [0.4, 0.5) is 11.4 Å². The number of nitrogens with zero attached hydrogens (tertiary/aromatic N) is 2. The molecule has 0 saturated carbocycles. The SMILES string of the molecule is Cc1cc(NC2CCCN(C(C)C)CC2)ccc1[N+](=O)[O-]. The van der Waals surface area contributed by atoms with Gasteiger partial charge in [0.25, 0.3) is 5.69 Å². The van der Waals surface area contributed by atoms with Gasteiger partial charge in [-0.05, 0) is 58.7 Å². The van der Waals surface area contributed by atoms with Crippen LogP contribution in [0.2, 0.25) is 0 Å². The highest BCUT2D eigenvalue weighted by Crippen LogP contribution is 2.24. The summed E-state index contributed by atoms with van der Waals surface area (Å²) in [4.78, 5) is 13.0. The second kappa shape index (κ2) is 6.89. The topological polar surface area (TPSA) is 58.4 Å². The van der Waals surface area contributed by atoms with E-state index in [9.17, 15) is 10.1 Å². The van der Waals surface area contributed by atoms with Crippen molar-refractivity contribution < 1.29 is 4.92 Å². The van der Waals surface area contributed by atoms with E-state index in [1.807, 2.05) is 12.1 Å². The molecule has 1 heterocycles. The summed E-state index contributed by atoms with van der Waals surface area (Å²) in [6, 6.07) is 6.34. The van der Waals surface area contributed by atoms with E-state index in [0.717, 1.165) is 31.6 Å². The van der Waals surface area contributed by atoms with Gasteiger partial charge < -0.3 is 10.2 Å². The third kappa shape index (κ3) is 4.17. The lowest BCUT2D eigenvalue weighted by Crippen LogP contribution is -2.32. The van der Waals surface area contributed by atoms with Gasteiger partial charge in [0.05, 0.1) is 4.92 Å². The van der Waals surface area contributed by atoms with E-state index in [2.05, 4.69) is 24.1 Å². The van der Waals surface area contributed by atoms with Crippen LogP contribution in [0.5, 0.6) is 0 Å². The maximum Gasteiger partial charge on any atom is 0.272 e. The minimum atomic E-state index is -0.328. The van der Waals surface area contributed by atoms with E-state index in [4.69, 9.17) is 0 Å². The van der Waals surface area contributed by atoms with E-state index in [1.54, 1.807) is 13.0 Å². The van der Waals surface area contributed by atoms with Crippen molar-refractivity contribution >= 4 is 11.4 Å². The maximum absolute atomic E-state index is 10.8. The summed E-state index contributed by atoms with van der Waals surface area (Å²) in [7, 11) is 0. The Kier molecular flexibility index (Phi) is 5.17. The van der Waals surface area contributed by atoms with Crippen molar-refractivity contribution in [3.05, 3.63) is 33.9 Å². The molecule has 0 aliphatic carbocycles. The van der Waals surface area contributed by atoms with Crippen LogP contribution in [-0.4, -0.2) is 35.0 Å². The second-order valence-electron chi connectivity index (χ2n) is 6.16. The first-order chi connectivity index (χ1) is 9.97. The highest BCUT2D eigenvalue weighted by Gasteiger charge is 2.19. The lowest BCUT2D eigenvalue weighted by atomic mass is 10.1. The number of anilines is 1. The van der Waals surface area contributed by atoms with Gasteiger partial charge in [-0.2, -0.15) is 0 Å². The van der Waals surface area contributed by atoms with Crippen LogP contribution < -0.4 is 5.32 Å². The molecule has 5 heteroatoms. The van der Waals surface area contributed by atoms with E-state index >= 15 is 0 Å². The number of likely N-dealkylation sites (tertiary alicyclic amines) is 1. The lowest BCUT2D eigenvalue weighted by Gasteiger charge is -2.24. The lowest BCUT2D eigenvalue weighted by molar-refractivity contribution is -0.385. The number of aryl methyl sites for hydroxylation is 1. The summed E-state index contributed by atoms with van der Waals surface area (Å²) in [5.74, 6) is 0. The molecule has 1 aliphatic heterocycles. The predicted octanol–water partition coefficient (Wildman–Crippen LogP) is 3.58. The van der Waals surface area contributed by atoms with Gasteiger partial charge in [0.2, 0.25) is 0 Å². The third-order valence-corrected chi connectivity index (χ3v) is 4.26. The van der Waals surface area contributed by atoms with E-state index in [1.165, 1.54) is 6.42 Å².